The number of ether oxygens (including phenoxy) is 12. The topological polar surface area (TPSA) is 301 Å². The zero-order valence-electron chi connectivity index (χ0n) is 39.9. The lowest BCUT2D eigenvalue weighted by Gasteiger charge is -2.46. The van der Waals surface area contributed by atoms with Crippen molar-refractivity contribution in [1.29, 1.82) is 0 Å². The van der Waals surface area contributed by atoms with Crippen molar-refractivity contribution in [3.8, 4) is 5.75 Å². The molecule has 1 aromatic rings. The third-order valence-corrected chi connectivity index (χ3v) is 10.4. The number of benzene rings is 1. The molecule has 4 aliphatic rings. The molecule has 0 aromatic heterocycles. The van der Waals surface area contributed by atoms with Crippen LogP contribution < -0.4 is 4.74 Å². The minimum Gasteiger partial charge on any atom is -0.472 e. The Hall–Kier alpha value is -6.77. The average Bonchev–Trinajstić information content (AvgIpc) is 3.63. The predicted octanol–water partition coefficient (Wildman–Crippen LogP) is 2.10. The Morgan fingerprint density at radius 1 is 0.577 bits per heavy atom. The van der Waals surface area contributed by atoms with Gasteiger partial charge in [-0.2, -0.15) is 9.78 Å². The molecular weight excluding hydrogens is 952 g/mol. The zero-order chi connectivity index (χ0) is 52.1. The van der Waals surface area contributed by atoms with Gasteiger partial charge in [0.15, 0.2) is 42.9 Å². The van der Waals surface area contributed by atoms with Gasteiger partial charge in [-0.1, -0.05) is 18.2 Å². The lowest BCUT2D eigenvalue weighted by Crippen LogP contribution is -2.63. The molecule has 0 unspecified atom stereocenters. The molecule has 25 nitrogen and oxygen atoms in total. The molecule has 388 valence electrons. The Kier molecular flexibility index (Phi) is 19.7. The molecule has 0 bridgehead atoms. The van der Waals surface area contributed by atoms with E-state index in [0.29, 0.717) is 11.1 Å². The SMILES string of the molecule is CC(=O)OCC1=C[C@@H](O[C@@H]2O[C@@H](C)[C@H](OOC(C)=O)[C@@H](OOC(C)=O)[C@H]2OC(=O)/C=C/c2ccc(OC(C)=O)cc2)[C@@H]2C=CO[C@@H](O[C@@H]3O[C@H](COC(C)=O)[C@@H](OC(C)=O)[C@H](OC(C)=O)[C@H]3OC(C)=O)[C@H]12. The number of carbonyl (C=O) groups excluding carboxylic acids is 9. The number of hydrogen-bond donors (Lipinski definition) is 0. The van der Waals surface area contributed by atoms with Gasteiger partial charge in [0.05, 0.1) is 24.4 Å². The summed E-state index contributed by atoms with van der Waals surface area (Å²) in [5.74, 6) is -8.92. The van der Waals surface area contributed by atoms with Crippen molar-refractivity contribution in [3.63, 3.8) is 0 Å². The van der Waals surface area contributed by atoms with Crippen molar-refractivity contribution in [2.75, 3.05) is 13.2 Å². The minimum atomic E-state index is -1.71. The summed E-state index contributed by atoms with van der Waals surface area (Å²) in [4.78, 5) is 131. The summed E-state index contributed by atoms with van der Waals surface area (Å²) in [6.45, 7) is 9.33. The van der Waals surface area contributed by atoms with Crippen LogP contribution in [-0.4, -0.2) is 141 Å². The lowest BCUT2D eigenvalue weighted by molar-refractivity contribution is -0.419. The highest BCUT2D eigenvalue weighted by Gasteiger charge is 2.57. The highest BCUT2D eigenvalue weighted by Crippen LogP contribution is 2.44. The van der Waals surface area contributed by atoms with Crippen LogP contribution in [-0.2, 0) is 115 Å². The second-order valence-electron chi connectivity index (χ2n) is 16.1. The van der Waals surface area contributed by atoms with Crippen molar-refractivity contribution < 1.29 is 120 Å². The molecular formula is C46H54O25. The highest BCUT2D eigenvalue weighted by atomic mass is 17.2. The van der Waals surface area contributed by atoms with Crippen LogP contribution in [0.25, 0.3) is 6.08 Å². The van der Waals surface area contributed by atoms with Gasteiger partial charge in [-0.25, -0.2) is 14.4 Å². The van der Waals surface area contributed by atoms with Crippen molar-refractivity contribution in [1.82, 2.24) is 0 Å². The second kappa shape index (κ2) is 25.4. The van der Waals surface area contributed by atoms with E-state index in [2.05, 4.69) is 0 Å². The van der Waals surface area contributed by atoms with E-state index in [4.69, 9.17) is 76.4 Å². The second-order valence-corrected chi connectivity index (χ2v) is 16.1. The van der Waals surface area contributed by atoms with E-state index < -0.39 is 146 Å². The molecule has 3 aliphatic heterocycles. The number of carbonyl (C=O) groups is 9. The average molecular weight is 1010 g/mol. The fourth-order valence-electron chi connectivity index (χ4n) is 7.78. The molecule has 14 atom stereocenters. The summed E-state index contributed by atoms with van der Waals surface area (Å²) < 4.78 is 69.4. The van der Waals surface area contributed by atoms with Gasteiger partial charge >= 0.3 is 53.7 Å². The molecule has 1 aliphatic carbocycles. The summed E-state index contributed by atoms with van der Waals surface area (Å²) in [6.07, 6.45) is -11.0. The Labute approximate surface area is 405 Å². The van der Waals surface area contributed by atoms with Crippen LogP contribution in [0.2, 0.25) is 0 Å². The number of rotatable bonds is 19. The van der Waals surface area contributed by atoms with Gasteiger partial charge in [0.25, 0.3) is 0 Å². The Balaban J connectivity index is 1.50. The van der Waals surface area contributed by atoms with Crippen LogP contribution in [0, 0.1) is 11.8 Å². The molecule has 25 heteroatoms. The van der Waals surface area contributed by atoms with Crippen LogP contribution in [0.5, 0.6) is 5.75 Å². The van der Waals surface area contributed by atoms with E-state index in [-0.39, 0.29) is 12.4 Å². The molecule has 71 heavy (non-hydrogen) atoms. The molecule has 0 amide bonds. The molecule has 5 rings (SSSR count). The van der Waals surface area contributed by atoms with E-state index in [0.717, 1.165) is 47.6 Å². The van der Waals surface area contributed by atoms with Gasteiger partial charge < -0.3 is 56.8 Å². The lowest BCUT2D eigenvalue weighted by atomic mass is 9.88. The van der Waals surface area contributed by atoms with E-state index in [1.807, 2.05) is 0 Å². The first-order valence-corrected chi connectivity index (χ1v) is 21.9. The smallest absolute Gasteiger partial charge is 0.339 e. The molecule has 1 aromatic carbocycles. The van der Waals surface area contributed by atoms with Crippen molar-refractivity contribution in [3.05, 3.63) is 59.9 Å². The van der Waals surface area contributed by atoms with Gasteiger partial charge in [-0.3, -0.25) is 38.5 Å². The van der Waals surface area contributed by atoms with E-state index in [1.54, 1.807) is 24.3 Å². The van der Waals surface area contributed by atoms with Gasteiger partial charge in [-0.05, 0) is 42.3 Å². The standard InChI is InChI=1S/C46H54O25/c1-21-38(70-68-28(8)53)41(71-69-29(9)54)43(66-36(55)15-12-30-10-13-32(14-11-30)60-24(4)49)45(59-21)64-34-18-31(19-57-22(2)47)37-33(34)16-17-56-44(37)67-46-42(63-27(7)52)40(62-26(6)51)39(61-25(5)50)35(65-46)20-58-23(3)48/h10-18,21,33-35,37-46H,19-20H2,1-9H3/b15-12+/t21-,33-,34+,35+,37+,38-,39+,40-,41+,42+,43+,44-,45-,46-/m0/s1. The van der Waals surface area contributed by atoms with E-state index in [9.17, 15) is 43.2 Å². The number of fused-ring (bicyclic) bond motifs is 1. The van der Waals surface area contributed by atoms with Crippen molar-refractivity contribution in [2.24, 2.45) is 11.8 Å². The maximum atomic E-state index is 13.6. The predicted molar refractivity (Wildman–Crippen MR) is 228 cm³/mol. The highest BCUT2D eigenvalue weighted by molar-refractivity contribution is 5.87. The van der Waals surface area contributed by atoms with Gasteiger partial charge in [0.2, 0.25) is 12.6 Å². The Bertz CT molecular complexity index is 2220. The Morgan fingerprint density at radius 2 is 1.15 bits per heavy atom. The molecule has 2 saturated heterocycles. The maximum absolute atomic E-state index is 13.6. The van der Waals surface area contributed by atoms with E-state index in [1.165, 1.54) is 45.2 Å². The van der Waals surface area contributed by atoms with Crippen LogP contribution in [0.1, 0.15) is 67.9 Å². The fraction of sp³-hybridized carbons (Fsp3) is 0.543. The van der Waals surface area contributed by atoms with Crippen LogP contribution in [0.15, 0.2) is 54.3 Å². The number of hydrogen-bond acceptors (Lipinski definition) is 25. The monoisotopic (exact) mass is 1010 g/mol. The molecule has 3 heterocycles. The summed E-state index contributed by atoms with van der Waals surface area (Å²) in [5, 5.41) is 0. The van der Waals surface area contributed by atoms with Crippen LogP contribution in [0.3, 0.4) is 0 Å². The zero-order valence-corrected chi connectivity index (χ0v) is 39.9. The number of esters is 7. The molecule has 2 fully saturated rings. The van der Waals surface area contributed by atoms with Crippen molar-refractivity contribution in [2.45, 2.75) is 136 Å². The third kappa shape index (κ3) is 15.9. The Morgan fingerprint density at radius 3 is 1.75 bits per heavy atom. The van der Waals surface area contributed by atoms with Crippen LogP contribution >= 0.6 is 0 Å². The third-order valence-electron chi connectivity index (χ3n) is 10.4. The summed E-state index contributed by atoms with van der Waals surface area (Å²) in [5.41, 5.74) is 0.816. The van der Waals surface area contributed by atoms with E-state index >= 15 is 0 Å². The summed E-state index contributed by atoms with van der Waals surface area (Å²) >= 11 is 0. The first-order chi connectivity index (χ1) is 33.6. The first kappa shape index (κ1) is 55.2. The quantitative estimate of drug-likeness (QED) is 0.0364. The molecule has 0 N–H and O–H groups in total. The van der Waals surface area contributed by atoms with Gasteiger partial charge in [0, 0.05) is 67.4 Å². The normalized spacial score (nSPS) is 29.7. The molecule has 0 spiro atoms. The molecule has 0 radical (unpaired) electrons. The van der Waals surface area contributed by atoms with Gasteiger partial charge in [0.1, 0.15) is 25.1 Å². The van der Waals surface area contributed by atoms with Gasteiger partial charge in [-0.15, -0.1) is 0 Å². The van der Waals surface area contributed by atoms with Crippen molar-refractivity contribution >= 4 is 59.8 Å². The fourth-order valence-corrected chi connectivity index (χ4v) is 7.78. The summed E-state index contributed by atoms with van der Waals surface area (Å²) in [6, 6.07) is 6.10. The molecule has 0 saturated carbocycles. The minimum absolute atomic E-state index is 0.257. The maximum Gasteiger partial charge on any atom is 0.339 e. The largest absolute Gasteiger partial charge is 0.472 e. The first-order valence-electron chi connectivity index (χ1n) is 21.9. The summed E-state index contributed by atoms with van der Waals surface area (Å²) in [7, 11) is 0. The van der Waals surface area contributed by atoms with Crippen LogP contribution in [0.4, 0.5) is 0 Å².